The first-order valence-electron chi connectivity index (χ1n) is 5.16. The molecule has 1 aromatic heterocycles. The van der Waals surface area contributed by atoms with E-state index >= 15 is 0 Å². The van der Waals surface area contributed by atoms with Crippen LogP contribution in [-0.2, 0) is 9.47 Å². The van der Waals surface area contributed by atoms with Gasteiger partial charge in [0.1, 0.15) is 0 Å². The van der Waals surface area contributed by atoms with Gasteiger partial charge in [0.15, 0.2) is 12.5 Å². The third-order valence-electron chi connectivity index (χ3n) is 2.43. The Morgan fingerprint density at radius 1 is 1.61 bits per heavy atom. The van der Waals surface area contributed by atoms with E-state index in [1.165, 1.54) is 22.4 Å². The van der Waals surface area contributed by atoms with Gasteiger partial charge in [0.2, 0.25) is 0 Å². The molecule has 1 aliphatic rings. The van der Waals surface area contributed by atoms with E-state index in [2.05, 4.69) is 4.98 Å². The lowest BCUT2D eigenvalue weighted by Crippen LogP contribution is -2.34. The molecule has 1 aliphatic heterocycles. The number of hydrogen-bond donors (Lipinski definition) is 2. The van der Waals surface area contributed by atoms with E-state index in [4.69, 9.17) is 26.2 Å². The van der Waals surface area contributed by atoms with Crippen molar-refractivity contribution < 1.29 is 14.6 Å². The Balaban J connectivity index is 2.36. The Hall–Kier alpha value is -1.41. The number of aliphatic hydroxyl groups excluding tert-OH is 1. The van der Waals surface area contributed by atoms with E-state index in [9.17, 15) is 9.59 Å². The molecule has 0 saturated carbocycles. The zero-order valence-corrected chi connectivity index (χ0v) is 9.96. The molecule has 0 radical (unpaired) electrons. The first kappa shape index (κ1) is 13.0. The van der Waals surface area contributed by atoms with Crippen LogP contribution in [-0.4, -0.2) is 34.2 Å². The summed E-state index contributed by atoms with van der Waals surface area (Å²) in [5.41, 5.74) is 0.243. The zero-order chi connectivity index (χ0) is 13.1. The lowest BCUT2D eigenvalue weighted by atomic mass is 10.3. The molecule has 1 saturated heterocycles. The van der Waals surface area contributed by atoms with Gasteiger partial charge in [0, 0.05) is 11.7 Å². The van der Waals surface area contributed by atoms with Crippen molar-refractivity contribution in [2.75, 3.05) is 13.2 Å². The zero-order valence-electron chi connectivity index (χ0n) is 9.21. The van der Waals surface area contributed by atoms with Crippen molar-refractivity contribution >= 4 is 17.7 Å². The van der Waals surface area contributed by atoms with E-state index in [1.807, 2.05) is 0 Å². The average molecular weight is 275 g/mol. The van der Waals surface area contributed by atoms with E-state index in [1.54, 1.807) is 0 Å². The van der Waals surface area contributed by atoms with Crippen molar-refractivity contribution in [3.05, 3.63) is 38.1 Å². The molecule has 0 bridgehead atoms. The number of nitrogens with one attached hydrogen (secondary N) is 1. The molecule has 18 heavy (non-hydrogen) atoms. The summed E-state index contributed by atoms with van der Waals surface area (Å²) in [5.74, 6) is 0. The third kappa shape index (κ3) is 2.54. The second-order valence-corrected chi connectivity index (χ2v) is 3.83. The van der Waals surface area contributed by atoms with Crippen molar-refractivity contribution in [2.45, 2.75) is 12.5 Å². The molecule has 2 heterocycles. The van der Waals surface area contributed by atoms with Crippen LogP contribution in [0.2, 0.25) is 0 Å². The van der Waals surface area contributed by atoms with E-state index in [0.717, 1.165) is 0 Å². The van der Waals surface area contributed by atoms with Crippen LogP contribution < -0.4 is 11.2 Å². The average Bonchev–Trinajstić information content (AvgIpc) is 2.81. The first-order valence-corrected chi connectivity index (χ1v) is 5.59. The first-order chi connectivity index (χ1) is 8.65. The molecule has 0 aromatic carbocycles. The molecular formula is C10H11ClN2O5. The standard InChI is InChI=1S/C10H11ClN2O5/c11-2-1-6-3-13(10(16)12-9(6)15)7-5-17-8(4-14)18-7/h1-3,7-8,14H,4-5H2,(H,12,15,16)/b2-1+/t7-,8-/m0/s1. The van der Waals surface area contributed by atoms with Crippen LogP contribution in [0.5, 0.6) is 0 Å². The Morgan fingerprint density at radius 2 is 2.39 bits per heavy atom. The minimum Gasteiger partial charge on any atom is -0.391 e. The number of nitrogens with zero attached hydrogens (tertiary/aromatic N) is 1. The molecule has 2 rings (SSSR count). The number of H-pyrrole nitrogens is 1. The van der Waals surface area contributed by atoms with Crippen molar-refractivity contribution in [3.8, 4) is 0 Å². The molecule has 0 amide bonds. The minimum absolute atomic E-state index is 0.112. The fourth-order valence-electron chi connectivity index (χ4n) is 1.59. The highest BCUT2D eigenvalue weighted by atomic mass is 35.5. The predicted molar refractivity (Wildman–Crippen MR) is 63.2 cm³/mol. The van der Waals surface area contributed by atoms with Crippen LogP contribution in [0.15, 0.2) is 21.3 Å². The third-order valence-corrected chi connectivity index (χ3v) is 2.56. The summed E-state index contributed by atoms with van der Waals surface area (Å²) < 4.78 is 11.5. The fourth-order valence-corrected chi connectivity index (χ4v) is 1.72. The number of aromatic amines is 1. The van der Waals surface area contributed by atoms with Crippen LogP contribution in [0.3, 0.4) is 0 Å². The number of halogens is 1. The lowest BCUT2D eigenvalue weighted by molar-refractivity contribution is -0.0993. The second-order valence-electron chi connectivity index (χ2n) is 3.58. The molecule has 0 spiro atoms. The molecule has 7 nitrogen and oxygen atoms in total. The van der Waals surface area contributed by atoms with Crippen molar-refractivity contribution in [1.29, 1.82) is 0 Å². The molecule has 1 fully saturated rings. The summed E-state index contributed by atoms with van der Waals surface area (Å²) >= 11 is 5.40. The SMILES string of the molecule is O=c1[nH]c(=O)n([C@@H]2CO[C@H](CO)O2)cc1/C=C/Cl. The summed E-state index contributed by atoms with van der Waals surface area (Å²) in [5, 5.41) is 8.86. The predicted octanol–water partition coefficient (Wildman–Crippen LogP) is -0.390. The molecule has 2 N–H and O–H groups in total. The number of rotatable bonds is 3. The number of hydrogen-bond acceptors (Lipinski definition) is 5. The summed E-state index contributed by atoms with van der Waals surface area (Å²) in [6, 6.07) is 0. The van der Waals surface area contributed by atoms with Gasteiger partial charge in [-0.15, -0.1) is 0 Å². The highest BCUT2D eigenvalue weighted by molar-refractivity contribution is 6.27. The van der Waals surface area contributed by atoms with Gasteiger partial charge < -0.3 is 14.6 Å². The van der Waals surface area contributed by atoms with E-state index in [-0.39, 0.29) is 18.8 Å². The van der Waals surface area contributed by atoms with Crippen LogP contribution in [0.4, 0.5) is 0 Å². The van der Waals surface area contributed by atoms with Crippen molar-refractivity contribution in [2.24, 2.45) is 0 Å². The maximum atomic E-state index is 11.6. The molecule has 0 aliphatic carbocycles. The van der Waals surface area contributed by atoms with Gasteiger partial charge >= 0.3 is 5.69 Å². The maximum Gasteiger partial charge on any atom is 0.330 e. The molecule has 1 aromatic rings. The monoisotopic (exact) mass is 274 g/mol. The van der Waals surface area contributed by atoms with Crippen LogP contribution in [0, 0.1) is 0 Å². The Bertz CT molecular complexity index is 564. The van der Waals surface area contributed by atoms with Gasteiger partial charge in [-0.2, -0.15) is 0 Å². The second kappa shape index (κ2) is 5.49. The van der Waals surface area contributed by atoms with Gasteiger partial charge in [-0.3, -0.25) is 14.3 Å². The van der Waals surface area contributed by atoms with Gasteiger partial charge in [-0.1, -0.05) is 11.6 Å². The van der Waals surface area contributed by atoms with Crippen molar-refractivity contribution in [3.63, 3.8) is 0 Å². The van der Waals surface area contributed by atoms with E-state index in [0.29, 0.717) is 0 Å². The summed E-state index contributed by atoms with van der Waals surface area (Å²) in [7, 11) is 0. The smallest absolute Gasteiger partial charge is 0.330 e. The summed E-state index contributed by atoms with van der Waals surface area (Å²) in [4.78, 5) is 25.2. The lowest BCUT2D eigenvalue weighted by Gasteiger charge is -2.12. The largest absolute Gasteiger partial charge is 0.391 e. The summed E-state index contributed by atoms with van der Waals surface area (Å²) in [6.07, 6.45) is 1.23. The Kier molecular flexibility index (Phi) is 3.97. The molecule has 8 heteroatoms. The molecule has 0 unspecified atom stereocenters. The van der Waals surface area contributed by atoms with Gasteiger partial charge in [0.25, 0.3) is 5.56 Å². The van der Waals surface area contributed by atoms with Gasteiger partial charge in [0.05, 0.1) is 18.8 Å². The normalized spacial score (nSPS) is 23.9. The highest BCUT2D eigenvalue weighted by Crippen LogP contribution is 2.18. The quantitative estimate of drug-likeness (QED) is 0.783. The Labute approximate surface area is 106 Å². The minimum atomic E-state index is -0.763. The highest BCUT2D eigenvalue weighted by Gasteiger charge is 2.27. The molecule has 2 atom stereocenters. The van der Waals surface area contributed by atoms with E-state index < -0.39 is 23.8 Å². The fraction of sp³-hybridized carbons (Fsp3) is 0.400. The number of aliphatic hydroxyl groups is 1. The van der Waals surface area contributed by atoms with Crippen LogP contribution in [0.1, 0.15) is 11.8 Å². The van der Waals surface area contributed by atoms with Crippen LogP contribution >= 0.6 is 11.6 Å². The van der Waals surface area contributed by atoms with Crippen LogP contribution in [0.25, 0.3) is 6.08 Å². The van der Waals surface area contributed by atoms with Gasteiger partial charge in [-0.05, 0) is 6.08 Å². The Morgan fingerprint density at radius 3 is 3.00 bits per heavy atom. The molecule has 98 valence electrons. The van der Waals surface area contributed by atoms with Gasteiger partial charge in [-0.25, -0.2) is 4.79 Å². The molecular weight excluding hydrogens is 264 g/mol. The maximum absolute atomic E-state index is 11.6. The number of ether oxygens (including phenoxy) is 2. The number of aromatic nitrogens is 2. The summed E-state index contributed by atoms with van der Waals surface area (Å²) in [6.45, 7) is -0.190. The topological polar surface area (TPSA) is 93.6 Å². The van der Waals surface area contributed by atoms with Crippen molar-refractivity contribution in [1.82, 2.24) is 9.55 Å².